The summed E-state index contributed by atoms with van der Waals surface area (Å²) in [5.74, 6) is 1.64. The summed E-state index contributed by atoms with van der Waals surface area (Å²) in [5.41, 5.74) is 1.09. The van der Waals surface area contributed by atoms with Crippen molar-refractivity contribution in [2.24, 2.45) is 5.92 Å². The van der Waals surface area contributed by atoms with Gasteiger partial charge in [0.1, 0.15) is 6.33 Å². The van der Waals surface area contributed by atoms with Crippen LogP contribution >= 0.6 is 0 Å². The molecule has 0 spiro atoms. The highest BCUT2D eigenvalue weighted by Crippen LogP contribution is 2.39. The van der Waals surface area contributed by atoms with Crippen LogP contribution in [0.4, 0.5) is 0 Å². The molecule has 1 aromatic heterocycles. The zero-order chi connectivity index (χ0) is 18.0. The molecular weight excluding hydrogens is 350 g/mol. The third kappa shape index (κ3) is 4.19. The maximum Gasteiger partial charge on any atom is 0.216 e. The number of nitrogens with zero attached hydrogens (tertiary/aromatic N) is 3. The van der Waals surface area contributed by atoms with Gasteiger partial charge in [-0.05, 0) is 44.4 Å². The summed E-state index contributed by atoms with van der Waals surface area (Å²) >= 11 is 0. The highest BCUT2D eigenvalue weighted by atomic mass is 32.2. The van der Waals surface area contributed by atoms with Gasteiger partial charge in [0.2, 0.25) is 15.9 Å². The Morgan fingerprint density at radius 1 is 1.00 bits per heavy atom. The molecule has 2 heterocycles. The highest BCUT2D eigenvalue weighted by Gasteiger charge is 2.35. The molecule has 1 saturated heterocycles. The number of aromatic nitrogens is 2. The average molecular weight is 380 g/mol. The molecule has 2 saturated carbocycles. The van der Waals surface area contributed by atoms with Crippen LogP contribution < -0.4 is 4.74 Å². The first-order valence-corrected chi connectivity index (χ1v) is 11.6. The minimum atomic E-state index is -3.11. The fourth-order valence-electron chi connectivity index (χ4n) is 4.14. The van der Waals surface area contributed by atoms with E-state index < -0.39 is 10.0 Å². The summed E-state index contributed by atoms with van der Waals surface area (Å²) < 4.78 is 33.2. The molecule has 4 rings (SSSR count). The van der Waals surface area contributed by atoms with Crippen LogP contribution in [0.2, 0.25) is 0 Å². The molecule has 0 N–H and O–H groups in total. The van der Waals surface area contributed by atoms with Crippen molar-refractivity contribution in [3.63, 3.8) is 0 Å². The van der Waals surface area contributed by atoms with Crippen LogP contribution in [0.5, 0.6) is 5.88 Å². The van der Waals surface area contributed by atoms with E-state index in [-0.39, 0.29) is 5.25 Å². The third-order valence-electron chi connectivity index (χ3n) is 6.03. The van der Waals surface area contributed by atoms with Gasteiger partial charge < -0.3 is 4.74 Å². The zero-order valence-corrected chi connectivity index (χ0v) is 16.2. The Balaban J connectivity index is 1.26. The first-order valence-electron chi connectivity index (χ1n) is 10.1. The van der Waals surface area contributed by atoms with Crippen LogP contribution in [-0.2, 0) is 10.0 Å². The van der Waals surface area contributed by atoms with E-state index in [1.807, 2.05) is 6.07 Å². The zero-order valence-electron chi connectivity index (χ0n) is 15.3. The fraction of sp³-hybridized carbons (Fsp3) is 0.789. The van der Waals surface area contributed by atoms with Gasteiger partial charge in [-0.25, -0.2) is 22.7 Å². The van der Waals surface area contributed by atoms with Gasteiger partial charge in [-0.1, -0.05) is 19.3 Å². The molecule has 0 radical (unpaired) electrons. The molecule has 1 aromatic rings. The van der Waals surface area contributed by atoms with Crippen molar-refractivity contribution in [2.45, 2.75) is 69.0 Å². The molecule has 0 atom stereocenters. The van der Waals surface area contributed by atoms with E-state index in [1.165, 1.54) is 19.3 Å². The quantitative estimate of drug-likeness (QED) is 0.759. The number of sulfonamides is 1. The van der Waals surface area contributed by atoms with Gasteiger partial charge >= 0.3 is 0 Å². The molecule has 26 heavy (non-hydrogen) atoms. The summed E-state index contributed by atoms with van der Waals surface area (Å²) in [4.78, 5) is 8.52. The van der Waals surface area contributed by atoms with Gasteiger partial charge in [0.15, 0.2) is 0 Å². The summed E-state index contributed by atoms with van der Waals surface area (Å²) in [6.45, 7) is 1.87. The number of ether oxygens (including phenoxy) is 1. The van der Waals surface area contributed by atoms with Crippen LogP contribution in [-0.4, -0.2) is 47.6 Å². The second-order valence-corrected chi connectivity index (χ2v) is 10.2. The molecule has 7 heteroatoms. The lowest BCUT2D eigenvalue weighted by Gasteiger charge is -2.34. The predicted molar refractivity (Wildman–Crippen MR) is 99.6 cm³/mol. The van der Waals surface area contributed by atoms with E-state index in [4.69, 9.17) is 4.74 Å². The van der Waals surface area contributed by atoms with Crippen molar-refractivity contribution in [3.05, 3.63) is 18.1 Å². The summed E-state index contributed by atoms with van der Waals surface area (Å²) in [6, 6.07) is 1.96. The largest absolute Gasteiger partial charge is 0.477 e. The number of piperidine rings is 1. The van der Waals surface area contributed by atoms with E-state index in [0.29, 0.717) is 37.4 Å². The monoisotopic (exact) mass is 379 g/mol. The van der Waals surface area contributed by atoms with Crippen molar-refractivity contribution in [1.82, 2.24) is 14.3 Å². The lowest BCUT2D eigenvalue weighted by atomic mass is 9.99. The summed E-state index contributed by atoms with van der Waals surface area (Å²) in [5, 5.41) is -0.147. The smallest absolute Gasteiger partial charge is 0.216 e. The maximum absolute atomic E-state index is 12.8. The van der Waals surface area contributed by atoms with Crippen LogP contribution in [0.3, 0.4) is 0 Å². The van der Waals surface area contributed by atoms with E-state index in [0.717, 1.165) is 44.2 Å². The Morgan fingerprint density at radius 2 is 1.73 bits per heavy atom. The van der Waals surface area contributed by atoms with Crippen molar-refractivity contribution < 1.29 is 13.2 Å². The van der Waals surface area contributed by atoms with Gasteiger partial charge in [0.05, 0.1) is 17.6 Å². The van der Waals surface area contributed by atoms with Crippen molar-refractivity contribution >= 4 is 10.0 Å². The number of rotatable bonds is 6. The Morgan fingerprint density at radius 3 is 2.42 bits per heavy atom. The molecule has 1 aliphatic heterocycles. The van der Waals surface area contributed by atoms with Gasteiger partial charge in [-0.15, -0.1) is 0 Å². The van der Waals surface area contributed by atoms with Crippen LogP contribution in [0, 0.1) is 5.92 Å². The van der Waals surface area contributed by atoms with Gasteiger partial charge in [-0.3, -0.25) is 0 Å². The topological polar surface area (TPSA) is 72.4 Å². The molecule has 0 bridgehead atoms. The molecule has 2 aliphatic carbocycles. The molecular formula is C19H29N3O3S. The molecule has 0 unspecified atom stereocenters. The van der Waals surface area contributed by atoms with Crippen molar-refractivity contribution in [2.75, 3.05) is 19.7 Å². The Kier molecular flexibility index (Phi) is 5.45. The van der Waals surface area contributed by atoms with Gasteiger partial charge in [0.25, 0.3) is 0 Å². The first kappa shape index (κ1) is 18.2. The van der Waals surface area contributed by atoms with E-state index in [9.17, 15) is 8.42 Å². The average Bonchev–Trinajstić information content (AvgIpc) is 3.53. The lowest BCUT2D eigenvalue weighted by Crippen LogP contribution is -2.44. The van der Waals surface area contributed by atoms with E-state index in [2.05, 4.69) is 9.97 Å². The summed E-state index contributed by atoms with van der Waals surface area (Å²) in [7, 11) is -3.11. The van der Waals surface area contributed by atoms with E-state index in [1.54, 1.807) is 10.6 Å². The van der Waals surface area contributed by atoms with Crippen molar-refractivity contribution in [1.29, 1.82) is 0 Å². The van der Waals surface area contributed by atoms with Crippen molar-refractivity contribution in [3.8, 4) is 5.88 Å². The molecule has 3 fully saturated rings. The summed E-state index contributed by atoms with van der Waals surface area (Å²) in [6.07, 6.45) is 10.7. The van der Waals surface area contributed by atoms with Gasteiger partial charge in [0, 0.05) is 25.1 Å². The Bertz CT molecular complexity index is 706. The van der Waals surface area contributed by atoms with E-state index >= 15 is 0 Å². The van der Waals surface area contributed by atoms with Crippen LogP contribution in [0.15, 0.2) is 12.4 Å². The maximum atomic E-state index is 12.8. The predicted octanol–water partition coefficient (Wildman–Crippen LogP) is 3.11. The van der Waals surface area contributed by atoms with Gasteiger partial charge in [-0.2, -0.15) is 0 Å². The molecule has 144 valence electrons. The Labute approximate surface area is 156 Å². The fourth-order valence-corrected chi connectivity index (χ4v) is 6.21. The third-order valence-corrected chi connectivity index (χ3v) is 8.43. The molecule has 6 nitrogen and oxygen atoms in total. The number of hydrogen-bond acceptors (Lipinski definition) is 5. The first-order chi connectivity index (χ1) is 12.6. The second kappa shape index (κ2) is 7.80. The standard InChI is InChI=1S/C19H29N3O3S/c23-26(24,17-4-2-1-3-5-17)22-10-8-15(9-11-22)13-25-19-12-18(16-6-7-16)20-14-21-19/h12,14-17H,1-11,13H2. The SMILES string of the molecule is O=S(=O)(C1CCCCC1)N1CCC(COc2cc(C3CC3)ncn2)CC1. The molecule has 3 aliphatic rings. The minimum absolute atomic E-state index is 0.147. The highest BCUT2D eigenvalue weighted by molar-refractivity contribution is 7.89. The number of hydrogen-bond donors (Lipinski definition) is 0. The molecule has 0 amide bonds. The molecule has 0 aromatic carbocycles. The Hall–Kier alpha value is -1.21. The minimum Gasteiger partial charge on any atom is -0.477 e. The normalized spacial score (nSPS) is 23.8. The lowest BCUT2D eigenvalue weighted by molar-refractivity contribution is 0.179. The van der Waals surface area contributed by atoms with Crippen LogP contribution in [0.1, 0.15) is 69.4 Å². The van der Waals surface area contributed by atoms with Crippen LogP contribution in [0.25, 0.3) is 0 Å². The second-order valence-electron chi connectivity index (χ2n) is 8.01.